The molecular formula is C23H23ClN2O3. The molecule has 0 aliphatic heterocycles. The lowest BCUT2D eigenvalue weighted by molar-refractivity contribution is -0.144. The van der Waals surface area contributed by atoms with Crippen molar-refractivity contribution in [3.63, 3.8) is 0 Å². The van der Waals surface area contributed by atoms with Crippen LogP contribution in [0.4, 0.5) is 0 Å². The zero-order chi connectivity index (χ0) is 21.4. The zero-order valence-electron chi connectivity index (χ0n) is 16.6. The third kappa shape index (κ3) is 6.78. The summed E-state index contributed by atoms with van der Waals surface area (Å²) >= 11 is 5.85. The molecule has 150 valence electrons. The molecule has 2 rings (SSSR count). The Balaban J connectivity index is 1.92. The minimum absolute atomic E-state index is 0.166. The Morgan fingerprint density at radius 3 is 2.21 bits per heavy atom. The first-order chi connectivity index (χ1) is 13.8. The SMILES string of the molecule is CC(C)c1ccc(/C=C(\C#N)C(=O)OCC(=O)N[C@H](C)c2ccc(Cl)cc2)cc1. The number of hydrogen-bond acceptors (Lipinski definition) is 4. The summed E-state index contributed by atoms with van der Waals surface area (Å²) in [5.41, 5.74) is 2.58. The molecule has 0 bridgehead atoms. The van der Waals surface area contributed by atoms with E-state index in [4.69, 9.17) is 16.3 Å². The van der Waals surface area contributed by atoms with Crippen molar-refractivity contribution in [3.05, 3.63) is 75.8 Å². The van der Waals surface area contributed by atoms with E-state index < -0.39 is 18.5 Å². The highest BCUT2D eigenvalue weighted by Gasteiger charge is 2.15. The number of nitrogens with zero attached hydrogens (tertiary/aromatic N) is 1. The molecule has 0 heterocycles. The average molecular weight is 411 g/mol. The number of esters is 1. The third-order valence-corrected chi connectivity index (χ3v) is 4.59. The maximum absolute atomic E-state index is 12.1. The number of nitriles is 1. The van der Waals surface area contributed by atoms with Crippen LogP contribution in [0.15, 0.2) is 54.1 Å². The van der Waals surface area contributed by atoms with Gasteiger partial charge in [0.25, 0.3) is 5.91 Å². The first kappa shape index (κ1) is 22.2. The van der Waals surface area contributed by atoms with Gasteiger partial charge in [-0.15, -0.1) is 0 Å². The fraction of sp³-hybridized carbons (Fsp3) is 0.261. The van der Waals surface area contributed by atoms with Gasteiger partial charge in [0.1, 0.15) is 11.6 Å². The van der Waals surface area contributed by atoms with E-state index in [1.165, 1.54) is 6.08 Å². The molecule has 0 aliphatic carbocycles. The van der Waals surface area contributed by atoms with Crippen LogP contribution in [0.1, 0.15) is 49.4 Å². The average Bonchev–Trinajstić information content (AvgIpc) is 2.71. The topological polar surface area (TPSA) is 79.2 Å². The molecule has 0 radical (unpaired) electrons. The number of benzene rings is 2. The van der Waals surface area contributed by atoms with Gasteiger partial charge in [-0.05, 0) is 47.7 Å². The van der Waals surface area contributed by atoms with Gasteiger partial charge >= 0.3 is 5.97 Å². The van der Waals surface area contributed by atoms with Gasteiger partial charge < -0.3 is 10.1 Å². The van der Waals surface area contributed by atoms with E-state index in [1.807, 2.05) is 37.3 Å². The van der Waals surface area contributed by atoms with Crippen LogP contribution in [0.5, 0.6) is 0 Å². The number of nitrogens with one attached hydrogen (secondary N) is 1. The maximum atomic E-state index is 12.1. The van der Waals surface area contributed by atoms with Crippen LogP contribution < -0.4 is 5.32 Å². The molecule has 0 aliphatic rings. The Kier molecular flexibility index (Phi) is 7.99. The van der Waals surface area contributed by atoms with Crippen LogP contribution in [-0.2, 0) is 14.3 Å². The van der Waals surface area contributed by atoms with Crippen LogP contribution >= 0.6 is 11.6 Å². The van der Waals surface area contributed by atoms with E-state index in [1.54, 1.807) is 24.3 Å². The van der Waals surface area contributed by atoms with Gasteiger partial charge in [-0.25, -0.2) is 4.79 Å². The predicted molar refractivity (Wildman–Crippen MR) is 113 cm³/mol. The monoisotopic (exact) mass is 410 g/mol. The number of amides is 1. The van der Waals surface area contributed by atoms with E-state index in [-0.39, 0.29) is 11.6 Å². The Labute approximate surface area is 175 Å². The van der Waals surface area contributed by atoms with Crippen molar-refractivity contribution in [2.75, 3.05) is 6.61 Å². The molecule has 0 saturated heterocycles. The molecule has 0 spiro atoms. The summed E-state index contributed by atoms with van der Waals surface area (Å²) in [6.45, 7) is 5.51. The lowest BCUT2D eigenvalue weighted by Crippen LogP contribution is -2.31. The van der Waals surface area contributed by atoms with Crippen LogP contribution in [0, 0.1) is 11.3 Å². The Morgan fingerprint density at radius 1 is 1.07 bits per heavy atom. The number of rotatable bonds is 7. The Bertz CT molecular complexity index is 926. The molecular weight excluding hydrogens is 388 g/mol. The highest BCUT2D eigenvalue weighted by atomic mass is 35.5. The number of carbonyl (C=O) groups excluding carboxylic acids is 2. The summed E-state index contributed by atoms with van der Waals surface area (Å²) < 4.78 is 4.98. The standard InChI is InChI=1S/C23H23ClN2O3/c1-15(2)18-6-4-17(5-7-18)12-20(13-25)23(28)29-14-22(27)26-16(3)19-8-10-21(24)11-9-19/h4-12,15-16H,14H2,1-3H3,(H,26,27)/b20-12+/t16-/m1/s1. The molecule has 1 N–H and O–H groups in total. The van der Waals surface area contributed by atoms with Gasteiger partial charge in [-0.1, -0.05) is 61.8 Å². The second-order valence-corrected chi connectivity index (χ2v) is 7.34. The van der Waals surface area contributed by atoms with Gasteiger partial charge in [0, 0.05) is 5.02 Å². The quantitative estimate of drug-likeness (QED) is 0.404. The number of hydrogen-bond donors (Lipinski definition) is 1. The van der Waals surface area contributed by atoms with Crippen molar-refractivity contribution in [1.29, 1.82) is 5.26 Å². The van der Waals surface area contributed by atoms with E-state index in [0.29, 0.717) is 16.5 Å². The highest BCUT2D eigenvalue weighted by molar-refractivity contribution is 6.30. The molecule has 1 amide bonds. The Hall–Kier alpha value is -3.10. The first-order valence-electron chi connectivity index (χ1n) is 9.24. The van der Waals surface area contributed by atoms with Crippen molar-refractivity contribution < 1.29 is 14.3 Å². The normalized spacial score (nSPS) is 12.2. The molecule has 5 nitrogen and oxygen atoms in total. The molecule has 0 aromatic heterocycles. The van der Waals surface area contributed by atoms with Crippen molar-refractivity contribution in [2.24, 2.45) is 0 Å². The summed E-state index contributed by atoms with van der Waals surface area (Å²) in [5.74, 6) is -0.906. The smallest absolute Gasteiger partial charge is 0.349 e. The minimum Gasteiger partial charge on any atom is -0.451 e. The molecule has 29 heavy (non-hydrogen) atoms. The van der Waals surface area contributed by atoms with Crippen molar-refractivity contribution >= 4 is 29.6 Å². The fourth-order valence-corrected chi connectivity index (χ4v) is 2.73. The van der Waals surface area contributed by atoms with E-state index >= 15 is 0 Å². The summed E-state index contributed by atoms with van der Waals surface area (Å²) in [4.78, 5) is 24.2. The number of halogens is 1. The summed E-state index contributed by atoms with van der Waals surface area (Å²) in [6, 6.07) is 16.2. The molecule has 6 heteroatoms. The Morgan fingerprint density at radius 2 is 1.66 bits per heavy atom. The van der Waals surface area contributed by atoms with Gasteiger partial charge in [0.15, 0.2) is 6.61 Å². The summed E-state index contributed by atoms with van der Waals surface area (Å²) in [6.07, 6.45) is 1.45. The maximum Gasteiger partial charge on any atom is 0.349 e. The number of ether oxygens (including phenoxy) is 1. The van der Waals surface area contributed by atoms with Crippen molar-refractivity contribution in [2.45, 2.75) is 32.7 Å². The third-order valence-electron chi connectivity index (χ3n) is 4.34. The van der Waals surface area contributed by atoms with E-state index in [0.717, 1.165) is 11.1 Å². The second kappa shape index (κ2) is 10.4. The lowest BCUT2D eigenvalue weighted by Gasteiger charge is -2.14. The zero-order valence-corrected chi connectivity index (χ0v) is 17.4. The highest BCUT2D eigenvalue weighted by Crippen LogP contribution is 2.17. The molecule has 1 atom stereocenters. The fourth-order valence-electron chi connectivity index (χ4n) is 2.61. The van der Waals surface area contributed by atoms with Crippen LogP contribution in [0.25, 0.3) is 6.08 Å². The minimum atomic E-state index is -0.838. The summed E-state index contributed by atoms with van der Waals surface area (Å²) in [5, 5.41) is 12.6. The van der Waals surface area contributed by atoms with Gasteiger partial charge in [0.05, 0.1) is 6.04 Å². The molecule has 2 aromatic carbocycles. The van der Waals surface area contributed by atoms with Crippen molar-refractivity contribution in [1.82, 2.24) is 5.32 Å². The predicted octanol–water partition coefficient (Wildman–Crippen LogP) is 4.79. The largest absolute Gasteiger partial charge is 0.451 e. The molecule has 0 fully saturated rings. The molecule has 0 saturated carbocycles. The van der Waals surface area contributed by atoms with Gasteiger partial charge in [-0.3, -0.25) is 4.79 Å². The van der Waals surface area contributed by atoms with Crippen LogP contribution in [0.2, 0.25) is 5.02 Å². The van der Waals surface area contributed by atoms with E-state index in [9.17, 15) is 14.9 Å². The van der Waals surface area contributed by atoms with E-state index in [2.05, 4.69) is 19.2 Å². The second-order valence-electron chi connectivity index (χ2n) is 6.91. The molecule has 2 aromatic rings. The van der Waals surface area contributed by atoms with Crippen LogP contribution in [0.3, 0.4) is 0 Å². The van der Waals surface area contributed by atoms with Gasteiger partial charge in [0.2, 0.25) is 0 Å². The first-order valence-corrected chi connectivity index (χ1v) is 9.61. The summed E-state index contributed by atoms with van der Waals surface area (Å²) in [7, 11) is 0. The number of carbonyl (C=O) groups is 2. The van der Waals surface area contributed by atoms with Crippen LogP contribution in [-0.4, -0.2) is 18.5 Å². The van der Waals surface area contributed by atoms with Crippen molar-refractivity contribution in [3.8, 4) is 6.07 Å². The van der Waals surface area contributed by atoms with Gasteiger partial charge in [-0.2, -0.15) is 5.26 Å². The lowest BCUT2D eigenvalue weighted by atomic mass is 10.0. The molecule has 0 unspecified atom stereocenters.